The summed E-state index contributed by atoms with van der Waals surface area (Å²) in [6, 6.07) is 0. The van der Waals surface area contributed by atoms with Crippen LogP contribution in [0.1, 0.15) is 103 Å². The molecule has 10 nitrogen and oxygen atoms in total. The fourth-order valence-corrected chi connectivity index (χ4v) is 5.48. The molecule has 0 radical (unpaired) electrons. The van der Waals surface area contributed by atoms with Crippen molar-refractivity contribution in [1.29, 1.82) is 0 Å². The summed E-state index contributed by atoms with van der Waals surface area (Å²) in [5.41, 5.74) is 6.83. The molecule has 0 aliphatic carbocycles. The normalized spacial score (nSPS) is 14.4. The number of halogens is 3. The number of hydrogen-bond donors (Lipinski definition) is 1. The number of nitrogens with zero attached hydrogens (tertiary/aromatic N) is 4. The molecule has 1 unspecified atom stereocenters. The van der Waals surface area contributed by atoms with Crippen molar-refractivity contribution in [3.05, 3.63) is 12.7 Å². The number of aromatic nitrogens is 4. The van der Waals surface area contributed by atoms with Crippen molar-refractivity contribution in [2.45, 2.75) is 122 Å². The lowest BCUT2D eigenvalue weighted by molar-refractivity contribution is -0.205. The Morgan fingerprint density at radius 1 is 0.881 bits per heavy atom. The van der Waals surface area contributed by atoms with Crippen LogP contribution in [0.3, 0.4) is 0 Å². The van der Waals surface area contributed by atoms with Gasteiger partial charge in [-0.25, -0.2) is 15.0 Å². The van der Waals surface area contributed by atoms with E-state index in [1.165, 1.54) is 44.9 Å². The standard InChI is InChI=1S/C28H49F3N5O5P/c1-24(20-36-22-35-25-26(32)33-21-34-27(25)36)40-23-42(37,38)41-19-15-18-39-17-14-12-10-8-6-4-2-3-5-7-9-11-13-16-28(29,30)31/h21-22,24H,2-20,23H2,1H3,(H,37,38)(H2,32,33,34)/p-1/t24-/m1/s1. The molecule has 2 atom stereocenters. The van der Waals surface area contributed by atoms with E-state index in [2.05, 4.69) is 15.0 Å². The largest absolute Gasteiger partial charge is 0.777 e. The molecule has 2 aromatic rings. The van der Waals surface area contributed by atoms with Gasteiger partial charge in [-0.05, 0) is 26.2 Å². The maximum Gasteiger partial charge on any atom is 0.389 e. The van der Waals surface area contributed by atoms with E-state index >= 15 is 0 Å². The average Bonchev–Trinajstić information content (AvgIpc) is 3.34. The molecule has 14 heteroatoms. The number of rotatable bonds is 25. The van der Waals surface area contributed by atoms with Crippen LogP contribution in [0.15, 0.2) is 12.7 Å². The Bertz CT molecular complexity index is 1040. The molecule has 2 aromatic heterocycles. The number of hydrogen-bond acceptors (Lipinski definition) is 9. The Morgan fingerprint density at radius 3 is 2.07 bits per heavy atom. The number of anilines is 1. The van der Waals surface area contributed by atoms with Gasteiger partial charge in [-0.15, -0.1) is 0 Å². The van der Waals surface area contributed by atoms with Crippen LogP contribution in [-0.4, -0.2) is 58.0 Å². The van der Waals surface area contributed by atoms with Gasteiger partial charge in [0.15, 0.2) is 19.1 Å². The molecule has 0 amide bonds. The van der Waals surface area contributed by atoms with Crippen LogP contribution in [0.5, 0.6) is 0 Å². The Morgan fingerprint density at radius 2 is 1.45 bits per heavy atom. The summed E-state index contributed by atoms with van der Waals surface area (Å²) in [6.45, 7) is 3.25. The maximum atomic E-state index is 12.2. The summed E-state index contributed by atoms with van der Waals surface area (Å²) >= 11 is 0. The first-order valence-corrected chi connectivity index (χ1v) is 16.9. The van der Waals surface area contributed by atoms with E-state index in [4.69, 9.17) is 19.7 Å². The first kappa shape index (κ1) is 36.4. The highest BCUT2D eigenvalue weighted by atomic mass is 31.2. The van der Waals surface area contributed by atoms with Crippen molar-refractivity contribution < 1.29 is 36.6 Å². The first-order chi connectivity index (χ1) is 20.1. The minimum atomic E-state index is -4.12. The third-order valence-electron chi connectivity index (χ3n) is 6.87. The molecule has 0 aliphatic heterocycles. The van der Waals surface area contributed by atoms with E-state index in [1.807, 2.05) is 0 Å². The van der Waals surface area contributed by atoms with Crippen molar-refractivity contribution in [3.8, 4) is 0 Å². The zero-order valence-corrected chi connectivity index (χ0v) is 25.8. The molecule has 0 aromatic carbocycles. The van der Waals surface area contributed by atoms with Gasteiger partial charge in [-0.2, -0.15) is 13.2 Å². The second kappa shape index (κ2) is 20.2. The highest BCUT2D eigenvalue weighted by Crippen LogP contribution is 2.37. The number of nitrogen functional groups attached to an aromatic ring is 1. The lowest BCUT2D eigenvalue weighted by Crippen LogP contribution is -2.20. The van der Waals surface area contributed by atoms with Crippen molar-refractivity contribution in [2.24, 2.45) is 0 Å². The summed E-state index contributed by atoms with van der Waals surface area (Å²) in [5, 5.41) is 0. The van der Waals surface area contributed by atoms with Crippen molar-refractivity contribution in [1.82, 2.24) is 19.5 Å². The van der Waals surface area contributed by atoms with Gasteiger partial charge in [0.25, 0.3) is 0 Å². The Kier molecular flexibility index (Phi) is 17.5. The third-order valence-corrected chi connectivity index (χ3v) is 7.91. The van der Waals surface area contributed by atoms with Gasteiger partial charge < -0.3 is 33.8 Å². The number of unbranched alkanes of at least 4 members (excludes halogenated alkanes) is 12. The van der Waals surface area contributed by atoms with Crippen molar-refractivity contribution in [3.63, 3.8) is 0 Å². The first-order valence-electron chi connectivity index (χ1n) is 15.2. The van der Waals surface area contributed by atoms with Crippen molar-refractivity contribution >= 4 is 24.6 Å². The third kappa shape index (κ3) is 16.7. The summed E-state index contributed by atoms with van der Waals surface area (Å²) in [7, 11) is -4.12. The van der Waals surface area contributed by atoms with Crippen LogP contribution in [0, 0.1) is 0 Å². The van der Waals surface area contributed by atoms with Crippen LogP contribution in [0.25, 0.3) is 11.2 Å². The quantitative estimate of drug-likeness (QED) is 0.0939. The molecule has 0 aliphatic rings. The van der Waals surface area contributed by atoms with E-state index in [-0.39, 0.29) is 18.8 Å². The van der Waals surface area contributed by atoms with E-state index in [0.29, 0.717) is 43.8 Å². The maximum absolute atomic E-state index is 12.2. The predicted octanol–water partition coefficient (Wildman–Crippen LogP) is 6.77. The van der Waals surface area contributed by atoms with Gasteiger partial charge in [0, 0.05) is 19.6 Å². The molecule has 42 heavy (non-hydrogen) atoms. The zero-order valence-electron chi connectivity index (χ0n) is 24.9. The highest BCUT2D eigenvalue weighted by molar-refractivity contribution is 7.51. The van der Waals surface area contributed by atoms with Gasteiger partial charge in [0.05, 0.1) is 25.6 Å². The topological polar surface area (TPSA) is 137 Å². The Labute approximate surface area is 247 Å². The number of fused-ring (bicyclic) bond motifs is 1. The molecule has 242 valence electrons. The molecular weight excluding hydrogens is 574 g/mol. The van der Waals surface area contributed by atoms with E-state index in [0.717, 1.165) is 32.1 Å². The van der Waals surface area contributed by atoms with Gasteiger partial charge in [-0.1, -0.05) is 70.6 Å². The van der Waals surface area contributed by atoms with Gasteiger partial charge in [-0.3, -0.25) is 0 Å². The number of imidazole rings is 1. The summed E-state index contributed by atoms with van der Waals surface area (Å²) in [5.74, 6) is 0.280. The fraction of sp³-hybridized carbons (Fsp3) is 0.821. The van der Waals surface area contributed by atoms with Gasteiger partial charge >= 0.3 is 6.18 Å². The molecule has 0 bridgehead atoms. The van der Waals surface area contributed by atoms with Crippen LogP contribution < -0.4 is 10.6 Å². The molecule has 0 saturated carbocycles. The molecular formula is C28H48F3N5O5P-. The number of alkyl halides is 3. The molecule has 2 N–H and O–H groups in total. The molecule has 2 rings (SSSR count). The van der Waals surface area contributed by atoms with E-state index < -0.39 is 32.6 Å². The lowest BCUT2D eigenvalue weighted by Gasteiger charge is -2.25. The van der Waals surface area contributed by atoms with Crippen LogP contribution in [0.4, 0.5) is 19.0 Å². The summed E-state index contributed by atoms with van der Waals surface area (Å²) in [4.78, 5) is 24.4. The minimum Gasteiger partial charge on any atom is -0.777 e. The predicted molar refractivity (Wildman–Crippen MR) is 155 cm³/mol. The van der Waals surface area contributed by atoms with Crippen LogP contribution in [-0.2, 0) is 25.1 Å². The zero-order chi connectivity index (χ0) is 30.7. The molecule has 2 heterocycles. The Balaban J connectivity index is 1.35. The fourth-order valence-electron chi connectivity index (χ4n) is 4.56. The number of nitrogens with two attached hydrogens (primary N) is 1. The SMILES string of the molecule is C[C@H](Cn1cnc2c(N)ncnc21)OCP(=O)([O-])OCCCOCCCCCCCCCCCCCCCC(F)(F)F. The smallest absolute Gasteiger partial charge is 0.389 e. The summed E-state index contributed by atoms with van der Waals surface area (Å²) in [6.07, 6.45) is 11.0. The van der Waals surface area contributed by atoms with Crippen LogP contribution >= 0.6 is 7.60 Å². The minimum absolute atomic E-state index is 0.0545. The highest BCUT2D eigenvalue weighted by Gasteiger charge is 2.25. The second-order valence-electron chi connectivity index (χ2n) is 10.8. The van der Waals surface area contributed by atoms with E-state index in [1.54, 1.807) is 17.8 Å². The Hall–Kier alpha value is -1.79. The van der Waals surface area contributed by atoms with Gasteiger partial charge in [0.1, 0.15) is 18.2 Å². The monoisotopic (exact) mass is 622 g/mol. The summed E-state index contributed by atoms with van der Waals surface area (Å²) < 4.78 is 66.2. The van der Waals surface area contributed by atoms with E-state index in [9.17, 15) is 22.6 Å². The lowest BCUT2D eigenvalue weighted by atomic mass is 10.0. The number of ether oxygens (including phenoxy) is 2. The van der Waals surface area contributed by atoms with Crippen LogP contribution in [0.2, 0.25) is 0 Å². The van der Waals surface area contributed by atoms with Crippen molar-refractivity contribution in [2.75, 3.05) is 31.9 Å². The molecule has 0 fully saturated rings. The molecule has 0 saturated heterocycles. The average molecular weight is 623 g/mol. The van der Waals surface area contributed by atoms with Gasteiger partial charge in [0.2, 0.25) is 0 Å². The molecule has 0 spiro atoms. The second-order valence-corrected chi connectivity index (χ2v) is 12.5.